The van der Waals surface area contributed by atoms with Crippen molar-refractivity contribution in [2.75, 3.05) is 67.4 Å². The van der Waals surface area contributed by atoms with Gasteiger partial charge in [-0.15, -0.1) is 0 Å². The van der Waals surface area contributed by atoms with Crippen molar-refractivity contribution in [3.63, 3.8) is 0 Å². The van der Waals surface area contributed by atoms with E-state index in [2.05, 4.69) is 25.9 Å². The van der Waals surface area contributed by atoms with Crippen molar-refractivity contribution in [1.82, 2.24) is 14.3 Å². The number of amides is 2. The molecule has 1 saturated heterocycles. The summed E-state index contributed by atoms with van der Waals surface area (Å²) in [5.74, 6) is 1.21. The number of hydrogen-bond acceptors (Lipinski definition) is 10. The molecular weight excluding hydrogens is 679 g/mol. The van der Waals surface area contributed by atoms with E-state index in [-0.39, 0.29) is 22.2 Å². The minimum Gasteiger partial charge on any atom is -0.495 e. The molecule has 2 amide bonds. The Hall–Kier alpha value is -5.13. The predicted molar refractivity (Wildman–Crippen MR) is 182 cm³/mol. The van der Waals surface area contributed by atoms with Crippen molar-refractivity contribution in [3.8, 4) is 17.4 Å². The summed E-state index contributed by atoms with van der Waals surface area (Å²) in [4.78, 5) is 22.7. The lowest BCUT2D eigenvalue weighted by Gasteiger charge is -2.31. The number of halogens is 3. The molecule has 266 valence electrons. The fraction of sp³-hybridized carbons (Fsp3) is 0.303. The molecule has 1 fully saturated rings. The molecule has 4 aromatic rings. The average molecular weight is 716 g/mol. The second-order valence-electron chi connectivity index (χ2n) is 10.9. The fourth-order valence-electron chi connectivity index (χ4n) is 5.20. The van der Waals surface area contributed by atoms with Crippen molar-refractivity contribution >= 4 is 44.6 Å². The highest BCUT2D eigenvalue weighted by Crippen LogP contribution is 2.39. The first kappa shape index (κ1) is 36.2. The summed E-state index contributed by atoms with van der Waals surface area (Å²) in [6, 6.07) is 15.2. The van der Waals surface area contributed by atoms with Gasteiger partial charge in [0, 0.05) is 49.3 Å². The minimum atomic E-state index is -4.62. The molecule has 0 saturated carbocycles. The highest BCUT2D eigenvalue weighted by molar-refractivity contribution is 7.89. The first-order valence-corrected chi connectivity index (χ1v) is 17.0. The van der Waals surface area contributed by atoms with Crippen LogP contribution in [0.5, 0.6) is 17.4 Å². The van der Waals surface area contributed by atoms with Gasteiger partial charge >= 0.3 is 12.2 Å². The topological polar surface area (TPSA) is 147 Å². The van der Waals surface area contributed by atoms with Gasteiger partial charge in [-0.1, -0.05) is 13.8 Å². The van der Waals surface area contributed by atoms with E-state index in [1.165, 1.54) is 48.1 Å². The molecule has 3 aromatic carbocycles. The van der Waals surface area contributed by atoms with Crippen LogP contribution in [-0.4, -0.2) is 75.2 Å². The second-order valence-corrected chi connectivity index (χ2v) is 12.8. The van der Waals surface area contributed by atoms with Crippen molar-refractivity contribution in [2.24, 2.45) is 0 Å². The van der Waals surface area contributed by atoms with Gasteiger partial charge in [0.2, 0.25) is 15.9 Å². The summed E-state index contributed by atoms with van der Waals surface area (Å²) in [5, 5.41) is 8.09. The van der Waals surface area contributed by atoms with E-state index in [4.69, 9.17) is 14.2 Å². The van der Waals surface area contributed by atoms with Crippen LogP contribution in [0, 0.1) is 0 Å². The van der Waals surface area contributed by atoms with E-state index in [0.29, 0.717) is 68.1 Å². The Kier molecular flexibility index (Phi) is 11.3. The standard InChI is InChI=1S/C33H36F3N7O6S/c1-4-43(5-2)50(45,46)25-11-13-29(47-3)27(19-25)41-30-20-31(38-21-37-30)49-24-9-6-22(7-10-24)39-32(44)40-23-8-12-28(26(18-23)33(34,35)36)42-14-16-48-17-15-42/h6-13,18-21H,4-5,14-17H2,1-3H3,(H,37,38,41)(H2,39,40,44). The van der Waals surface area contributed by atoms with Crippen molar-refractivity contribution < 1.29 is 40.6 Å². The third-order valence-corrected chi connectivity index (χ3v) is 9.71. The summed E-state index contributed by atoms with van der Waals surface area (Å²) in [5.41, 5.74) is -0.119. The Morgan fingerprint density at radius 3 is 2.28 bits per heavy atom. The number of ether oxygens (including phenoxy) is 3. The van der Waals surface area contributed by atoms with E-state index < -0.39 is 27.8 Å². The number of methoxy groups -OCH3 is 1. The summed E-state index contributed by atoms with van der Waals surface area (Å²) in [7, 11) is -2.26. The Labute approximate surface area is 287 Å². The largest absolute Gasteiger partial charge is 0.495 e. The lowest BCUT2D eigenvalue weighted by atomic mass is 10.1. The molecule has 0 aliphatic carbocycles. The molecule has 1 aliphatic heterocycles. The molecule has 2 heterocycles. The van der Waals surface area contributed by atoms with Crippen LogP contribution in [0.15, 0.2) is 78.0 Å². The van der Waals surface area contributed by atoms with Gasteiger partial charge in [0.15, 0.2) is 0 Å². The van der Waals surface area contributed by atoms with Gasteiger partial charge in [-0.25, -0.2) is 23.2 Å². The molecule has 50 heavy (non-hydrogen) atoms. The molecule has 13 nitrogen and oxygen atoms in total. The number of nitrogens with zero attached hydrogens (tertiary/aromatic N) is 4. The summed E-state index contributed by atoms with van der Waals surface area (Å²) >= 11 is 0. The highest BCUT2D eigenvalue weighted by Gasteiger charge is 2.35. The maximum atomic E-state index is 13.9. The van der Waals surface area contributed by atoms with Gasteiger partial charge in [0.05, 0.1) is 36.5 Å². The molecule has 3 N–H and O–H groups in total. The number of rotatable bonds is 12. The number of benzene rings is 3. The van der Waals surface area contributed by atoms with Crippen LogP contribution in [0.25, 0.3) is 0 Å². The average Bonchev–Trinajstić information content (AvgIpc) is 3.09. The van der Waals surface area contributed by atoms with Crippen molar-refractivity contribution in [3.05, 3.63) is 78.6 Å². The molecule has 1 aliphatic rings. The number of urea groups is 1. The lowest BCUT2D eigenvalue weighted by Crippen LogP contribution is -2.37. The van der Waals surface area contributed by atoms with Crippen molar-refractivity contribution in [2.45, 2.75) is 24.9 Å². The quantitative estimate of drug-likeness (QED) is 0.148. The van der Waals surface area contributed by atoms with Gasteiger partial charge in [0.25, 0.3) is 0 Å². The summed E-state index contributed by atoms with van der Waals surface area (Å²) in [6.07, 6.45) is -3.36. The molecule has 17 heteroatoms. The number of morpholine rings is 1. The van der Waals surface area contributed by atoms with Gasteiger partial charge < -0.3 is 35.1 Å². The minimum absolute atomic E-state index is 0.0187. The zero-order valence-electron chi connectivity index (χ0n) is 27.5. The van der Waals surface area contributed by atoms with Crippen LogP contribution in [0.1, 0.15) is 19.4 Å². The molecule has 0 atom stereocenters. The molecule has 0 spiro atoms. The molecule has 5 rings (SSSR count). The van der Waals surface area contributed by atoms with E-state index in [0.717, 1.165) is 6.07 Å². The molecule has 0 radical (unpaired) electrons. The van der Waals surface area contributed by atoms with Crippen LogP contribution in [-0.2, 0) is 20.9 Å². The number of carbonyl (C=O) groups excluding carboxylic acids is 1. The van der Waals surface area contributed by atoms with E-state index in [1.54, 1.807) is 49.1 Å². The zero-order valence-corrected chi connectivity index (χ0v) is 28.3. The molecule has 1 aromatic heterocycles. The van der Waals surface area contributed by atoms with Crippen LogP contribution >= 0.6 is 0 Å². The SMILES string of the molecule is CCN(CC)S(=O)(=O)c1ccc(OC)c(Nc2cc(Oc3ccc(NC(=O)Nc4ccc(N5CCOCC5)c(C(F)(F)F)c4)cc3)ncn2)c1. The second kappa shape index (κ2) is 15.6. The van der Waals surface area contributed by atoms with Crippen LogP contribution in [0.3, 0.4) is 0 Å². The number of aromatic nitrogens is 2. The lowest BCUT2D eigenvalue weighted by molar-refractivity contribution is -0.137. The number of sulfonamides is 1. The first-order chi connectivity index (χ1) is 23.9. The van der Waals surface area contributed by atoms with Crippen LogP contribution in [0.4, 0.5) is 46.5 Å². The molecule has 0 bridgehead atoms. The Bertz CT molecular complexity index is 1900. The van der Waals surface area contributed by atoms with Crippen LogP contribution in [0.2, 0.25) is 0 Å². The van der Waals surface area contributed by atoms with E-state index in [9.17, 15) is 26.4 Å². The molecule has 0 unspecified atom stereocenters. The van der Waals surface area contributed by atoms with Gasteiger partial charge in [-0.05, 0) is 60.7 Å². The summed E-state index contributed by atoms with van der Waals surface area (Å²) in [6.45, 7) is 5.50. The first-order valence-electron chi connectivity index (χ1n) is 15.6. The van der Waals surface area contributed by atoms with Crippen molar-refractivity contribution in [1.29, 1.82) is 0 Å². The normalized spacial score (nSPS) is 13.5. The van der Waals surface area contributed by atoms with Gasteiger partial charge in [-0.2, -0.15) is 17.5 Å². The van der Waals surface area contributed by atoms with Gasteiger partial charge in [-0.3, -0.25) is 0 Å². The smallest absolute Gasteiger partial charge is 0.418 e. The Morgan fingerprint density at radius 1 is 0.940 bits per heavy atom. The fourth-order valence-corrected chi connectivity index (χ4v) is 6.69. The maximum Gasteiger partial charge on any atom is 0.418 e. The Balaban J connectivity index is 1.23. The van der Waals surface area contributed by atoms with E-state index >= 15 is 0 Å². The molecular formula is C33H36F3N7O6S. The van der Waals surface area contributed by atoms with E-state index in [1.807, 2.05) is 0 Å². The maximum absolute atomic E-state index is 13.9. The monoisotopic (exact) mass is 715 g/mol. The number of carbonyl (C=O) groups is 1. The number of hydrogen-bond donors (Lipinski definition) is 3. The predicted octanol–water partition coefficient (Wildman–Crippen LogP) is 6.55. The zero-order chi connectivity index (χ0) is 35.9. The van der Waals surface area contributed by atoms with Gasteiger partial charge in [0.1, 0.15) is 23.6 Å². The third-order valence-electron chi connectivity index (χ3n) is 7.67. The highest BCUT2D eigenvalue weighted by atomic mass is 32.2. The third kappa shape index (κ3) is 8.71. The van der Waals surface area contributed by atoms with Crippen LogP contribution < -0.4 is 30.3 Å². The number of anilines is 5. The number of alkyl halides is 3. The summed E-state index contributed by atoms with van der Waals surface area (Å²) < 4.78 is 85.6. The number of nitrogens with one attached hydrogen (secondary N) is 3. The Morgan fingerprint density at radius 2 is 1.62 bits per heavy atom.